The molecule has 2 atom stereocenters. The molecule has 2 nitrogen and oxygen atoms in total. The van der Waals surface area contributed by atoms with Crippen LogP contribution in [0.2, 0.25) is 0 Å². The van der Waals surface area contributed by atoms with E-state index in [0.29, 0.717) is 5.92 Å². The maximum atomic E-state index is 3.63. The normalized spacial score (nSPS) is 20.8. The SMILES string of the molecule is CNC1=CC(C2C=Cc3ccccc3C(Nc3ccccc3)=C2)C=CC=C1. The van der Waals surface area contributed by atoms with Gasteiger partial charge in [-0.15, -0.1) is 0 Å². The standard InChI is InChI=1S/C25H24N2/c1-26-23-13-7-5-10-20(17-23)21-16-15-19-9-6-8-14-24(19)25(18-21)27-22-11-3-2-4-12-22/h2-18,20-21,26-27H,1H3. The van der Waals surface area contributed by atoms with Crippen LogP contribution in [0.4, 0.5) is 5.69 Å². The van der Waals surface area contributed by atoms with E-state index in [4.69, 9.17) is 0 Å². The van der Waals surface area contributed by atoms with Gasteiger partial charge < -0.3 is 10.6 Å². The number of benzene rings is 2. The molecule has 0 aliphatic heterocycles. The molecule has 2 aliphatic carbocycles. The Morgan fingerprint density at radius 2 is 1.52 bits per heavy atom. The van der Waals surface area contributed by atoms with Crippen LogP contribution in [0.25, 0.3) is 11.8 Å². The topological polar surface area (TPSA) is 24.1 Å². The van der Waals surface area contributed by atoms with Crippen molar-refractivity contribution in [2.45, 2.75) is 0 Å². The number of hydrogen-bond acceptors (Lipinski definition) is 2. The quantitative estimate of drug-likeness (QED) is 0.745. The van der Waals surface area contributed by atoms with Gasteiger partial charge in [0.15, 0.2) is 0 Å². The van der Waals surface area contributed by atoms with Gasteiger partial charge in [0.25, 0.3) is 0 Å². The Hall–Kier alpha value is -3.26. The zero-order valence-corrected chi connectivity index (χ0v) is 15.5. The number of likely N-dealkylation sites (N-methyl/N-ethyl adjacent to an activating group) is 1. The molecule has 0 fully saturated rings. The Morgan fingerprint density at radius 1 is 0.741 bits per heavy atom. The summed E-state index contributed by atoms with van der Waals surface area (Å²) in [6, 6.07) is 18.9. The van der Waals surface area contributed by atoms with E-state index in [0.717, 1.165) is 17.1 Å². The van der Waals surface area contributed by atoms with Crippen molar-refractivity contribution in [3.63, 3.8) is 0 Å². The van der Waals surface area contributed by atoms with E-state index in [1.807, 2.05) is 13.1 Å². The Bertz CT molecular complexity index is 945. The van der Waals surface area contributed by atoms with Crippen LogP contribution in [0.15, 0.2) is 103 Å². The van der Waals surface area contributed by atoms with Crippen molar-refractivity contribution in [2.75, 3.05) is 12.4 Å². The third-order valence-corrected chi connectivity index (χ3v) is 4.99. The molecule has 27 heavy (non-hydrogen) atoms. The van der Waals surface area contributed by atoms with Crippen molar-refractivity contribution in [2.24, 2.45) is 11.8 Å². The zero-order valence-electron chi connectivity index (χ0n) is 15.5. The van der Waals surface area contributed by atoms with E-state index in [-0.39, 0.29) is 5.92 Å². The number of fused-ring (bicyclic) bond motifs is 1. The van der Waals surface area contributed by atoms with Gasteiger partial charge >= 0.3 is 0 Å². The number of anilines is 1. The predicted molar refractivity (Wildman–Crippen MR) is 116 cm³/mol. The van der Waals surface area contributed by atoms with E-state index < -0.39 is 0 Å². The maximum Gasteiger partial charge on any atom is 0.0429 e. The predicted octanol–water partition coefficient (Wildman–Crippen LogP) is 5.63. The van der Waals surface area contributed by atoms with Crippen LogP contribution in [-0.4, -0.2) is 7.05 Å². The molecule has 2 unspecified atom stereocenters. The van der Waals surface area contributed by atoms with E-state index in [1.165, 1.54) is 11.1 Å². The molecule has 0 spiro atoms. The number of para-hydroxylation sites is 1. The lowest BCUT2D eigenvalue weighted by atomic mass is 9.90. The fourth-order valence-corrected chi connectivity index (χ4v) is 3.54. The van der Waals surface area contributed by atoms with Crippen LogP contribution in [0.3, 0.4) is 0 Å². The summed E-state index contributed by atoms with van der Waals surface area (Å²) in [6.45, 7) is 0. The van der Waals surface area contributed by atoms with Crippen molar-refractivity contribution < 1.29 is 0 Å². The Kier molecular flexibility index (Phi) is 5.06. The highest BCUT2D eigenvalue weighted by molar-refractivity contribution is 5.83. The summed E-state index contributed by atoms with van der Waals surface area (Å²) in [7, 11) is 1.97. The van der Waals surface area contributed by atoms with E-state index >= 15 is 0 Å². The fourth-order valence-electron chi connectivity index (χ4n) is 3.54. The van der Waals surface area contributed by atoms with Crippen molar-refractivity contribution in [3.05, 3.63) is 114 Å². The highest BCUT2D eigenvalue weighted by Gasteiger charge is 2.19. The largest absolute Gasteiger partial charge is 0.388 e. The molecule has 4 rings (SSSR count). The number of allylic oxidation sites excluding steroid dienone is 7. The smallest absolute Gasteiger partial charge is 0.0429 e. The highest BCUT2D eigenvalue weighted by Crippen LogP contribution is 2.32. The van der Waals surface area contributed by atoms with Crippen LogP contribution >= 0.6 is 0 Å². The molecular weight excluding hydrogens is 328 g/mol. The minimum Gasteiger partial charge on any atom is -0.388 e. The molecule has 134 valence electrons. The molecule has 2 aromatic rings. The molecule has 0 aromatic heterocycles. The lowest BCUT2D eigenvalue weighted by Crippen LogP contribution is -2.11. The second-order valence-electron chi connectivity index (χ2n) is 6.79. The first kappa shape index (κ1) is 17.2. The summed E-state index contributed by atoms with van der Waals surface area (Å²) in [6.07, 6.45) is 17.8. The molecule has 2 heteroatoms. The number of rotatable bonds is 4. The van der Waals surface area contributed by atoms with Gasteiger partial charge in [-0.3, -0.25) is 0 Å². The van der Waals surface area contributed by atoms with Gasteiger partial charge in [-0.05, 0) is 23.8 Å². The summed E-state index contributed by atoms with van der Waals surface area (Å²) in [5, 5.41) is 6.90. The minimum atomic E-state index is 0.267. The molecule has 0 saturated carbocycles. The lowest BCUT2D eigenvalue weighted by molar-refractivity contribution is 0.673. The average molecular weight is 352 g/mol. The Balaban J connectivity index is 1.74. The van der Waals surface area contributed by atoms with Crippen molar-refractivity contribution in [1.82, 2.24) is 5.32 Å². The van der Waals surface area contributed by atoms with Gasteiger partial charge in [0.1, 0.15) is 0 Å². The molecule has 0 saturated heterocycles. The van der Waals surface area contributed by atoms with Crippen LogP contribution in [-0.2, 0) is 0 Å². The average Bonchev–Trinajstić information content (AvgIpc) is 3.06. The van der Waals surface area contributed by atoms with Crippen LogP contribution in [0.5, 0.6) is 0 Å². The number of hydrogen-bond donors (Lipinski definition) is 2. The third kappa shape index (κ3) is 3.95. The summed E-state index contributed by atoms with van der Waals surface area (Å²) in [5.41, 5.74) is 5.86. The number of nitrogens with one attached hydrogen (secondary N) is 2. The molecule has 2 aromatic carbocycles. The van der Waals surface area contributed by atoms with Crippen LogP contribution < -0.4 is 10.6 Å². The van der Waals surface area contributed by atoms with Crippen molar-refractivity contribution in [3.8, 4) is 0 Å². The monoisotopic (exact) mass is 352 g/mol. The summed E-state index contributed by atoms with van der Waals surface area (Å²) >= 11 is 0. The molecule has 2 N–H and O–H groups in total. The van der Waals surface area contributed by atoms with Crippen molar-refractivity contribution in [1.29, 1.82) is 0 Å². The second-order valence-corrected chi connectivity index (χ2v) is 6.79. The van der Waals surface area contributed by atoms with Gasteiger partial charge in [-0.25, -0.2) is 0 Å². The van der Waals surface area contributed by atoms with E-state index in [1.54, 1.807) is 0 Å². The first-order chi connectivity index (χ1) is 13.3. The van der Waals surface area contributed by atoms with Crippen LogP contribution in [0, 0.1) is 11.8 Å². The first-order valence-corrected chi connectivity index (χ1v) is 9.39. The third-order valence-electron chi connectivity index (χ3n) is 4.99. The zero-order chi connectivity index (χ0) is 18.5. The van der Waals surface area contributed by atoms with E-state index in [9.17, 15) is 0 Å². The van der Waals surface area contributed by atoms with Gasteiger partial charge in [0.05, 0.1) is 0 Å². The second kappa shape index (κ2) is 7.96. The molecule has 0 radical (unpaired) electrons. The fraction of sp³-hybridized carbons (Fsp3) is 0.120. The molecular formula is C25H24N2. The Labute approximate surface area is 161 Å². The lowest BCUT2D eigenvalue weighted by Gasteiger charge is -2.18. The summed E-state index contributed by atoms with van der Waals surface area (Å²) in [5.74, 6) is 0.559. The molecule has 2 aliphatic rings. The van der Waals surface area contributed by atoms with Gasteiger partial charge in [0.2, 0.25) is 0 Å². The molecule has 0 bridgehead atoms. The van der Waals surface area contributed by atoms with Gasteiger partial charge in [-0.2, -0.15) is 0 Å². The van der Waals surface area contributed by atoms with Crippen molar-refractivity contribution >= 4 is 17.5 Å². The maximum absolute atomic E-state index is 3.63. The molecule has 0 heterocycles. The highest BCUT2D eigenvalue weighted by atomic mass is 14.9. The summed E-state index contributed by atoms with van der Waals surface area (Å²) in [4.78, 5) is 0. The minimum absolute atomic E-state index is 0.267. The Morgan fingerprint density at radius 3 is 2.37 bits per heavy atom. The molecule has 0 amide bonds. The van der Waals surface area contributed by atoms with Gasteiger partial charge in [0, 0.05) is 41.5 Å². The summed E-state index contributed by atoms with van der Waals surface area (Å²) < 4.78 is 0. The first-order valence-electron chi connectivity index (χ1n) is 9.39. The van der Waals surface area contributed by atoms with Crippen LogP contribution in [0.1, 0.15) is 11.1 Å². The van der Waals surface area contributed by atoms with Gasteiger partial charge in [-0.1, -0.05) is 85.0 Å². The van der Waals surface area contributed by atoms with E-state index in [2.05, 4.69) is 108 Å².